The van der Waals surface area contributed by atoms with E-state index < -0.39 is 10.8 Å². The Hall–Kier alpha value is -2.94. The Kier molecular flexibility index (Phi) is 3.85. The molecule has 0 saturated carbocycles. The first-order chi connectivity index (χ1) is 9.90. The Morgan fingerprint density at radius 1 is 1.29 bits per heavy atom. The molecular weight excluding hydrogens is 300 g/mol. The summed E-state index contributed by atoms with van der Waals surface area (Å²) in [7, 11) is 0. The van der Waals surface area contributed by atoms with Gasteiger partial charge in [0, 0.05) is 11.6 Å². The lowest BCUT2D eigenvalue weighted by Gasteiger charge is -2.09. The fourth-order valence-electron chi connectivity index (χ4n) is 1.52. The van der Waals surface area contributed by atoms with Crippen molar-refractivity contribution in [3.05, 3.63) is 45.2 Å². The number of carbonyl (C=O) groups is 1. The summed E-state index contributed by atoms with van der Waals surface area (Å²) in [5.74, 6) is -0.679. The van der Waals surface area contributed by atoms with Gasteiger partial charge in [0.25, 0.3) is 11.6 Å². The number of anilines is 3. The van der Waals surface area contributed by atoms with Crippen molar-refractivity contribution in [1.29, 1.82) is 0 Å². The van der Waals surface area contributed by atoms with Crippen molar-refractivity contribution >= 4 is 40.5 Å². The van der Waals surface area contributed by atoms with E-state index in [1.807, 2.05) is 0 Å². The molecule has 2 aromatic rings. The summed E-state index contributed by atoms with van der Waals surface area (Å²) in [6, 6.07) is 3.64. The van der Waals surface area contributed by atoms with Crippen molar-refractivity contribution in [2.45, 2.75) is 0 Å². The number of carbonyl (C=O) groups excluding carboxylic acids is 1. The number of hydrogen-bond donors (Lipinski definition) is 3. The van der Waals surface area contributed by atoms with Crippen molar-refractivity contribution in [3.63, 3.8) is 0 Å². The Morgan fingerprint density at radius 2 is 1.90 bits per heavy atom. The third kappa shape index (κ3) is 2.98. The number of nitrogen functional groups attached to an aromatic ring is 2. The van der Waals surface area contributed by atoms with Crippen LogP contribution in [0, 0.1) is 10.1 Å². The van der Waals surface area contributed by atoms with Gasteiger partial charge in [-0.2, -0.15) is 0 Å². The second-order valence-electron chi connectivity index (χ2n) is 3.90. The molecule has 5 N–H and O–H groups in total. The van der Waals surface area contributed by atoms with Crippen molar-refractivity contribution in [1.82, 2.24) is 9.97 Å². The van der Waals surface area contributed by atoms with Crippen LogP contribution in [0.1, 0.15) is 10.4 Å². The quantitative estimate of drug-likeness (QED) is 0.573. The molecule has 0 aliphatic carbocycles. The average molecular weight is 309 g/mol. The molecule has 108 valence electrons. The van der Waals surface area contributed by atoms with Crippen molar-refractivity contribution < 1.29 is 9.72 Å². The van der Waals surface area contributed by atoms with E-state index in [0.717, 1.165) is 12.4 Å². The highest BCUT2D eigenvalue weighted by Crippen LogP contribution is 2.26. The number of nitrogens with one attached hydrogen (secondary N) is 1. The fraction of sp³-hybridized carbons (Fsp3) is 0. The number of hydrogen-bond acceptors (Lipinski definition) is 7. The highest BCUT2D eigenvalue weighted by molar-refractivity contribution is 6.32. The van der Waals surface area contributed by atoms with Crippen LogP contribution in [0.15, 0.2) is 24.5 Å². The lowest BCUT2D eigenvalue weighted by Crippen LogP contribution is -2.16. The molecule has 0 atom stereocenters. The molecule has 1 amide bonds. The summed E-state index contributed by atoms with van der Waals surface area (Å²) >= 11 is 5.67. The third-order valence-corrected chi connectivity index (χ3v) is 2.87. The van der Waals surface area contributed by atoms with E-state index >= 15 is 0 Å². The topological polar surface area (TPSA) is 150 Å². The average Bonchev–Trinajstić information content (AvgIpc) is 2.43. The minimum atomic E-state index is -0.687. The van der Waals surface area contributed by atoms with Gasteiger partial charge >= 0.3 is 0 Å². The highest BCUT2D eigenvalue weighted by atomic mass is 35.5. The minimum absolute atomic E-state index is 0.0145. The zero-order chi connectivity index (χ0) is 15.6. The maximum atomic E-state index is 12.1. The smallest absolute Gasteiger partial charge is 0.288 e. The molecule has 0 saturated heterocycles. The molecule has 10 heteroatoms. The van der Waals surface area contributed by atoms with Gasteiger partial charge in [-0.05, 0) is 12.1 Å². The summed E-state index contributed by atoms with van der Waals surface area (Å²) in [5.41, 5.74) is 10.8. The van der Waals surface area contributed by atoms with Gasteiger partial charge in [-0.1, -0.05) is 11.6 Å². The number of benzene rings is 1. The van der Waals surface area contributed by atoms with Crippen LogP contribution in [0.25, 0.3) is 0 Å². The molecule has 0 unspecified atom stereocenters. The first-order valence-electron chi connectivity index (χ1n) is 5.51. The van der Waals surface area contributed by atoms with E-state index in [4.69, 9.17) is 23.1 Å². The molecule has 1 aromatic carbocycles. The van der Waals surface area contributed by atoms with Gasteiger partial charge < -0.3 is 16.8 Å². The first kappa shape index (κ1) is 14.5. The third-order valence-electron chi connectivity index (χ3n) is 2.55. The fourth-order valence-corrected chi connectivity index (χ4v) is 1.71. The van der Waals surface area contributed by atoms with E-state index in [0.29, 0.717) is 0 Å². The number of nitro benzene ring substituents is 1. The van der Waals surface area contributed by atoms with E-state index in [1.54, 1.807) is 0 Å². The Balaban J connectivity index is 2.33. The lowest BCUT2D eigenvalue weighted by molar-refractivity contribution is -0.384. The molecule has 2 rings (SSSR count). The Morgan fingerprint density at radius 3 is 2.48 bits per heavy atom. The van der Waals surface area contributed by atoms with E-state index in [9.17, 15) is 14.9 Å². The number of halogens is 1. The first-order valence-corrected chi connectivity index (χ1v) is 5.89. The van der Waals surface area contributed by atoms with Crippen LogP contribution in [0.4, 0.5) is 23.0 Å². The second kappa shape index (κ2) is 5.59. The lowest BCUT2D eigenvalue weighted by atomic mass is 10.2. The normalized spacial score (nSPS) is 10.1. The predicted octanol–water partition coefficient (Wildman–Crippen LogP) is 1.45. The van der Waals surface area contributed by atoms with Crippen LogP contribution in [0.5, 0.6) is 0 Å². The highest BCUT2D eigenvalue weighted by Gasteiger charge is 2.18. The maximum absolute atomic E-state index is 12.1. The van der Waals surface area contributed by atoms with Gasteiger partial charge in [-0.15, -0.1) is 0 Å². The largest absolute Gasteiger partial charge is 0.382 e. The second-order valence-corrected chi connectivity index (χ2v) is 4.30. The summed E-state index contributed by atoms with van der Waals surface area (Å²) in [6.07, 6.45) is 1.15. The summed E-state index contributed by atoms with van der Waals surface area (Å²) in [4.78, 5) is 29.5. The molecule has 0 radical (unpaired) electrons. The number of nitrogens with zero attached hydrogens (tertiary/aromatic N) is 3. The SMILES string of the molecule is Nc1ncnc(N)c1NC(=O)c1ccc(Cl)c([N+](=O)[O-])c1. The van der Waals surface area contributed by atoms with Crippen LogP contribution in [0.2, 0.25) is 5.02 Å². The molecule has 0 bridgehead atoms. The standard InChI is InChI=1S/C11H9ClN6O3/c12-6-2-1-5(3-7(6)18(20)21)11(19)17-8-9(13)15-4-16-10(8)14/h1-4H,(H,17,19)(H4,13,14,15,16). The van der Waals surface area contributed by atoms with Crippen molar-refractivity contribution in [3.8, 4) is 0 Å². The summed E-state index contributed by atoms with van der Waals surface area (Å²) in [6.45, 7) is 0. The predicted molar refractivity (Wildman–Crippen MR) is 76.9 cm³/mol. The molecule has 0 spiro atoms. The van der Waals surface area contributed by atoms with Crippen LogP contribution in [-0.2, 0) is 0 Å². The number of nitro groups is 1. The number of aromatic nitrogens is 2. The minimum Gasteiger partial charge on any atom is -0.382 e. The van der Waals surface area contributed by atoms with Gasteiger partial charge in [0.1, 0.15) is 17.0 Å². The van der Waals surface area contributed by atoms with Gasteiger partial charge in [0.15, 0.2) is 11.6 Å². The Labute approximate surface area is 123 Å². The van der Waals surface area contributed by atoms with E-state index in [-0.39, 0.29) is 33.6 Å². The van der Waals surface area contributed by atoms with Crippen LogP contribution >= 0.6 is 11.6 Å². The molecule has 1 heterocycles. The van der Waals surface area contributed by atoms with Gasteiger partial charge in [0.05, 0.1) is 4.92 Å². The van der Waals surface area contributed by atoms with Crippen LogP contribution in [0.3, 0.4) is 0 Å². The van der Waals surface area contributed by atoms with E-state index in [2.05, 4.69) is 15.3 Å². The maximum Gasteiger partial charge on any atom is 0.288 e. The molecule has 9 nitrogen and oxygen atoms in total. The molecule has 1 aromatic heterocycles. The van der Waals surface area contributed by atoms with Crippen LogP contribution < -0.4 is 16.8 Å². The number of rotatable bonds is 3. The molecular formula is C11H9ClN6O3. The van der Waals surface area contributed by atoms with Crippen molar-refractivity contribution in [2.24, 2.45) is 0 Å². The molecule has 21 heavy (non-hydrogen) atoms. The van der Waals surface area contributed by atoms with Gasteiger partial charge in [-0.3, -0.25) is 14.9 Å². The summed E-state index contributed by atoms with van der Waals surface area (Å²) in [5, 5.41) is 13.1. The summed E-state index contributed by atoms with van der Waals surface area (Å²) < 4.78 is 0. The zero-order valence-corrected chi connectivity index (χ0v) is 11.2. The zero-order valence-electron chi connectivity index (χ0n) is 10.4. The van der Waals surface area contributed by atoms with Gasteiger partial charge in [-0.25, -0.2) is 9.97 Å². The number of amides is 1. The van der Waals surface area contributed by atoms with Crippen molar-refractivity contribution in [2.75, 3.05) is 16.8 Å². The molecule has 0 aliphatic rings. The Bertz CT molecular complexity index is 716. The monoisotopic (exact) mass is 308 g/mol. The molecule has 0 aliphatic heterocycles. The molecule has 0 fully saturated rings. The van der Waals surface area contributed by atoms with E-state index in [1.165, 1.54) is 12.1 Å². The van der Waals surface area contributed by atoms with Gasteiger partial charge in [0.2, 0.25) is 0 Å². The van der Waals surface area contributed by atoms with Crippen LogP contribution in [-0.4, -0.2) is 20.8 Å². The number of nitrogens with two attached hydrogens (primary N) is 2.